The second kappa shape index (κ2) is 6.81. The molecule has 0 amide bonds. The van der Waals surface area contributed by atoms with Crippen molar-refractivity contribution >= 4 is 0 Å². The van der Waals surface area contributed by atoms with Crippen LogP contribution in [-0.2, 0) is 16.6 Å². The Morgan fingerprint density at radius 3 is 2.85 bits per heavy atom. The number of hydrogen-bond donors (Lipinski definition) is 1. The van der Waals surface area contributed by atoms with Crippen molar-refractivity contribution in [2.75, 3.05) is 45.9 Å². The third kappa shape index (κ3) is 2.78. The maximum atomic E-state index is 10.1. The van der Waals surface area contributed by atoms with Crippen LogP contribution in [-0.4, -0.2) is 66.9 Å². The lowest BCUT2D eigenvalue weighted by molar-refractivity contribution is -0.0219. The average molecular weight is 357 g/mol. The van der Waals surface area contributed by atoms with E-state index in [1.165, 1.54) is 69.3 Å². The molecule has 3 atom stereocenters. The second-order valence-corrected chi connectivity index (χ2v) is 8.86. The minimum absolute atomic E-state index is 0.338. The quantitative estimate of drug-likeness (QED) is 0.903. The van der Waals surface area contributed by atoms with Gasteiger partial charge in [-0.15, -0.1) is 0 Å². The SMILES string of the molecule is Oc1ccc2c(c1)[C@]13CCCC[C@H]1[C@H](C2)N(CCN1CCOCC1)CC3. The van der Waals surface area contributed by atoms with Crippen molar-refractivity contribution in [2.24, 2.45) is 5.92 Å². The van der Waals surface area contributed by atoms with Crippen LogP contribution in [0.2, 0.25) is 0 Å². The van der Waals surface area contributed by atoms with Gasteiger partial charge in [0, 0.05) is 37.6 Å². The zero-order valence-electron chi connectivity index (χ0n) is 15.8. The van der Waals surface area contributed by atoms with E-state index in [-0.39, 0.29) is 0 Å². The molecule has 1 aromatic rings. The first-order valence-electron chi connectivity index (χ1n) is 10.6. The first-order chi connectivity index (χ1) is 12.8. The number of piperidine rings is 1. The Hall–Kier alpha value is -1.10. The normalized spacial score (nSPS) is 34.9. The number of ether oxygens (including phenoxy) is 1. The first-order valence-corrected chi connectivity index (χ1v) is 10.6. The van der Waals surface area contributed by atoms with E-state index >= 15 is 0 Å². The van der Waals surface area contributed by atoms with E-state index in [0.29, 0.717) is 17.2 Å². The highest BCUT2D eigenvalue weighted by Crippen LogP contribution is 2.56. The molecule has 3 fully saturated rings. The molecular weight excluding hydrogens is 324 g/mol. The number of phenols is 1. The van der Waals surface area contributed by atoms with Crippen LogP contribution < -0.4 is 0 Å². The molecule has 0 radical (unpaired) electrons. The second-order valence-electron chi connectivity index (χ2n) is 8.86. The summed E-state index contributed by atoms with van der Waals surface area (Å²) in [5.74, 6) is 1.24. The molecule has 2 aliphatic heterocycles. The fourth-order valence-electron chi connectivity index (χ4n) is 6.44. The molecule has 4 nitrogen and oxygen atoms in total. The van der Waals surface area contributed by atoms with E-state index in [1.54, 1.807) is 0 Å². The molecule has 2 aliphatic carbocycles. The van der Waals surface area contributed by atoms with Crippen LogP contribution in [0.3, 0.4) is 0 Å². The Kier molecular flexibility index (Phi) is 4.46. The molecule has 4 heteroatoms. The predicted octanol–water partition coefficient (Wildman–Crippen LogP) is 2.78. The molecule has 2 saturated heterocycles. The molecule has 1 saturated carbocycles. The lowest BCUT2D eigenvalue weighted by atomic mass is 9.52. The van der Waals surface area contributed by atoms with Crippen LogP contribution in [0.5, 0.6) is 5.75 Å². The fourth-order valence-corrected chi connectivity index (χ4v) is 6.44. The number of morpholine rings is 1. The third-order valence-corrected chi connectivity index (χ3v) is 7.74. The largest absolute Gasteiger partial charge is 0.508 e. The van der Waals surface area contributed by atoms with E-state index in [4.69, 9.17) is 4.74 Å². The number of fused-ring (bicyclic) bond motifs is 1. The molecule has 1 aromatic carbocycles. The van der Waals surface area contributed by atoms with Crippen molar-refractivity contribution in [2.45, 2.75) is 50.0 Å². The topological polar surface area (TPSA) is 35.9 Å². The van der Waals surface area contributed by atoms with E-state index in [1.807, 2.05) is 6.07 Å². The van der Waals surface area contributed by atoms with Gasteiger partial charge in [-0.2, -0.15) is 0 Å². The van der Waals surface area contributed by atoms with E-state index < -0.39 is 0 Å². The number of aromatic hydroxyl groups is 1. The van der Waals surface area contributed by atoms with Crippen LogP contribution in [0.15, 0.2) is 18.2 Å². The lowest BCUT2D eigenvalue weighted by Gasteiger charge is -2.59. The molecule has 0 spiro atoms. The van der Waals surface area contributed by atoms with Gasteiger partial charge in [0.15, 0.2) is 0 Å². The van der Waals surface area contributed by atoms with Gasteiger partial charge in [-0.1, -0.05) is 18.9 Å². The van der Waals surface area contributed by atoms with E-state index in [0.717, 1.165) is 32.2 Å². The average Bonchev–Trinajstić information content (AvgIpc) is 2.69. The molecule has 142 valence electrons. The number of benzene rings is 1. The van der Waals surface area contributed by atoms with Crippen molar-refractivity contribution in [1.82, 2.24) is 9.80 Å². The monoisotopic (exact) mass is 356 g/mol. The maximum Gasteiger partial charge on any atom is 0.115 e. The van der Waals surface area contributed by atoms with Crippen LogP contribution in [0.1, 0.15) is 43.2 Å². The van der Waals surface area contributed by atoms with Gasteiger partial charge in [0.1, 0.15) is 5.75 Å². The molecule has 2 heterocycles. The van der Waals surface area contributed by atoms with Crippen molar-refractivity contribution < 1.29 is 9.84 Å². The smallest absolute Gasteiger partial charge is 0.115 e. The Bertz CT molecular complexity index is 658. The molecular formula is C22H32N2O2. The Labute approximate surface area is 157 Å². The summed E-state index contributed by atoms with van der Waals surface area (Å²) in [5.41, 5.74) is 3.33. The van der Waals surface area contributed by atoms with Gasteiger partial charge in [-0.05, 0) is 61.4 Å². The van der Waals surface area contributed by atoms with Crippen molar-refractivity contribution in [3.05, 3.63) is 29.3 Å². The molecule has 0 aromatic heterocycles. The number of rotatable bonds is 3. The predicted molar refractivity (Wildman–Crippen MR) is 103 cm³/mol. The summed E-state index contributed by atoms with van der Waals surface area (Å²) in [6, 6.07) is 6.90. The minimum atomic E-state index is 0.338. The molecule has 4 aliphatic rings. The van der Waals surface area contributed by atoms with Gasteiger partial charge in [0.2, 0.25) is 0 Å². The summed E-state index contributed by atoms with van der Waals surface area (Å²) in [6.07, 6.45) is 7.87. The summed E-state index contributed by atoms with van der Waals surface area (Å²) in [5, 5.41) is 10.1. The fraction of sp³-hybridized carbons (Fsp3) is 0.727. The Morgan fingerprint density at radius 2 is 1.96 bits per heavy atom. The van der Waals surface area contributed by atoms with Crippen LogP contribution in [0, 0.1) is 5.92 Å². The van der Waals surface area contributed by atoms with Crippen molar-refractivity contribution in [3.63, 3.8) is 0 Å². The van der Waals surface area contributed by atoms with Crippen molar-refractivity contribution in [3.8, 4) is 5.75 Å². The molecule has 2 bridgehead atoms. The summed E-state index contributed by atoms with van der Waals surface area (Å²) < 4.78 is 5.50. The van der Waals surface area contributed by atoms with Gasteiger partial charge >= 0.3 is 0 Å². The molecule has 26 heavy (non-hydrogen) atoms. The molecule has 1 N–H and O–H groups in total. The van der Waals surface area contributed by atoms with Gasteiger partial charge in [-0.25, -0.2) is 0 Å². The van der Waals surface area contributed by atoms with Gasteiger partial charge in [-0.3, -0.25) is 9.80 Å². The highest BCUT2D eigenvalue weighted by molar-refractivity contribution is 5.45. The minimum Gasteiger partial charge on any atom is -0.508 e. The zero-order chi connectivity index (χ0) is 17.6. The highest BCUT2D eigenvalue weighted by Gasteiger charge is 2.53. The lowest BCUT2D eigenvalue weighted by Crippen LogP contribution is -2.61. The molecule has 0 unspecified atom stereocenters. The molecule has 5 rings (SSSR count). The van der Waals surface area contributed by atoms with Crippen LogP contribution in [0.25, 0.3) is 0 Å². The Morgan fingerprint density at radius 1 is 1.08 bits per heavy atom. The van der Waals surface area contributed by atoms with E-state index in [2.05, 4.69) is 21.9 Å². The van der Waals surface area contributed by atoms with E-state index in [9.17, 15) is 5.11 Å². The third-order valence-electron chi connectivity index (χ3n) is 7.74. The Balaban J connectivity index is 1.39. The van der Waals surface area contributed by atoms with Crippen LogP contribution >= 0.6 is 0 Å². The van der Waals surface area contributed by atoms with Gasteiger partial charge in [0.05, 0.1) is 13.2 Å². The zero-order valence-corrected chi connectivity index (χ0v) is 15.8. The first kappa shape index (κ1) is 17.0. The van der Waals surface area contributed by atoms with Gasteiger partial charge < -0.3 is 9.84 Å². The van der Waals surface area contributed by atoms with Gasteiger partial charge in [0.25, 0.3) is 0 Å². The summed E-state index contributed by atoms with van der Waals surface area (Å²) in [4.78, 5) is 5.38. The maximum absolute atomic E-state index is 10.1. The summed E-state index contributed by atoms with van der Waals surface area (Å²) in [6.45, 7) is 7.58. The number of nitrogens with zero attached hydrogens (tertiary/aromatic N) is 2. The number of likely N-dealkylation sites (tertiary alicyclic amines) is 1. The van der Waals surface area contributed by atoms with Crippen molar-refractivity contribution in [1.29, 1.82) is 0 Å². The number of hydrogen-bond acceptors (Lipinski definition) is 4. The standard InChI is InChI=1S/C22H32N2O2/c25-18-5-4-17-15-21-19-3-1-2-6-22(19,20(17)16-18)7-8-24(21)10-9-23-11-13-26-14-12-23/h4-5,16,19,21,25H,1-3,6-15H2/t19-,21-,22-/m0/s1. The number of phenolic OH excluding ortho intramolecular Hbond substituents is 1. The highest BCUT2D eigenvalue weighted by atomic mass is 16.5. The summed E-state index contributed by atoms with van der Waals surface area (Å²) in [7, 11) is 0. The summed E-state index contributed by atoms with van der Waals surface area (Å²) >= 11 is 0. The van der Waals surface area contributed by atoms with Crippen LogP contribution in [0.4, 0.5) is 0 Å².